The van der Waals surface area contributed by atoms with Crippen molar-refractivity contribution >= 4 is 34.1 Å². The Kier molecular flexibility index (Phi) is 8.75. The zero-order chi connectivity index (χ0) is 27.2. The number of hydrogen-bond acceptors (Lipinski definition) is 7. The summed E-state index contributed by atoms with van der Waals surface area (Å²) in [5.74, 6) is -1.51. The molecule has 3 rings (SSSR count). The Bertz CT molecular complexity index is 1360. The van der Waals surface area contributed by atoms with Crippen molar-refractivity contribution in [2.24, 2.45) is 0 Å². The van der Waals surface area contributed by atoms with Gasteiger partial charge in [-0.3, -0.25) is 9.59 Å². The van der Waals surface area contributed by atoms with Crippen LogP contribution in [0, 0.1) is 11.3 Å². The number of pyridine rings is 1. The van der Waals surface area contributed by atoms with E-state index >= 15 is 0 Å². The zero-order valence-electron chi connectivity index (χ0n) is 20.1. The first-order valence-corrected chi connectivity index (χ1v) is 11.8. The quantitative estimate of drug-likeness (QED) is 0.403. The van der Waals surface area contributed by atoms with Gasteiger partial charge in [-0.05, 0) is 38.2 Å². The molecular formula is C25H23F3N6O2S. The summed E-state index contributed by atoms with van der Waals surface area (Å²) >= 11 is 0.352. The van der Waals surface area contributed by atoms with Gasteiger partial charge in [-0.2, -0.15) is 18.4 Å². The molecule has 12 heteroatoms. The lowest BCUT2D eigenvalue weighted by Crippen LogP contribution is -2.18. The summed E-state index contributed by atoms with van der Waals surface area (Å²) in [6.45, 7) is 2.20. The van der Waals surface area contributed by atoms with Crippen LogP contribution in [0.2, 0.25) is 0 Å². The van der Waals surface area contributed by atoms with E-state index in [4.69, 9.17) is 0 Å². The topological polar surface area (TPSA) is 111 Å². The third kappa shape index (κ3) is 7.45. The van der Waals surface area contributed by atoms with Crippen LogP contribution >= 0.6 is 11.3 Å². The summed E-state index contributed by atoms with van der Waals surface area (Å²) in [4.78, 5) is 33.6. The van der Waals surface area contributed by atoms with Crippen molar-refractivity contribution in [1.82, 2.24) is 14.9 Å². The van der Waals surface area contributed by atoms with Gasteiger partial charge in [0.15, 0.2) is 10.9 Å². The van der Waals surface area contributed by atoms with Gasteiger partial charge in [-0.1, -0.05) is 41.7 Å². The minimum Gasteiger partial charge on any atom is -0.306 e. The Hall–Kier alpha value is -4.08. The van der Waals surface area contributed by atoms with Crippen molar-refractivity contribution in [3.8, 4) is 17.2 Å². The van der Waals surface area contributed by atoms with Crippen LogP contribution in [0.25, 0.3) is 11.1 Å². The molecule has 37 heavy (non-hydrogen) atoms. The molecule has 0 saturated heterocycles. The van der Waals surface area contributed by atoms with Crippen molar-refractivity contribution < 1.29 is 22.8 Å². The number of likely N-dealkylation sites (N-methyl/N-ethyl adjacent to an activating group) is 1. The number of carbonyl (C=O) groups excluding carboxylic acids is 2. The van der Waals surface area contributed by atoms with E-state index in [1.807, 2.05) is 25.1 Å². The summed E-state index contributed by atoms with van der Waals surface area (Å²) in [5.41, 5.74) is 2.01. The van der Waals surface area contributed by atoms with Crippen molar-refractivity contribution in [1.29, 1.82) is 5.26 Å². The summed E-state index contributed by atoms with van der Waals surface area (Å²) in [6.07, 6.45) is 0.693. The normalized spacial score (nSPS) is 12.4. The van der Waals surface area contributed by atoms with Crippen molar-refractivity contribution in [3.05, 3.63) is 70.9 Å². The van der Waals surface area contributed by atoms with Gasteiger partial charge in [-0.15, -0.1) is 0 Å². The van der Waals surface area contributed by atoms with Crippen LogP contribution in [-0.4, -0.2) is 47.3 Å². The number of nitrogens with zero attached hydrogens (tertiary/aromatic N) is 4. The summed E-state index contributed by atoms with van der Waals surface area (Å²) in [6, 6.07) is 10.5. The highest BCUT2D eigenvalue weighted by molar-refractivity contribution is 7.15. The Morgan fingerprint density at radius 3 is 2.57 bits per heavy atom. The van der Waals surface area contributed by atoms with Crippen molar-refractivity contribution in [3.63, 3.8) is 0 Å². The maximum Gasteiger partial charge on any atom is 0.427 e. The molecule has 1 aromatic carbocycles. The monoisotopic (exact) mass is 528 g/mol. The van der Waals surface area contributed by atoms with E-state index in [2.05, 4.69) is 20.6 Å². The number of halogens is 3. The Labute approximate surface area is 215 Å². The molecule has 192 valence electrons. The van der Waals surface area contributed by atoms with Crippen molar-refractivity contribution in [2.45, 2.75) is 19.0 Å². The number of thiazole rings is 1. The van der Waals surface area contributed by atoms with Gasteiger partial charge >= 0.3 is 6.18 Å². The molecule has 0 unspecified atom stereocenters. The van der Waals surface area contributed by atoms with Gasteiger partial charge in [0.05, 0.1) is 17.7 Å². The molecule has 0 saturated carbocycles. The minimum absolute atomic E-state index is 0.122. The van der Waals surface area contributed by atoms with E-state index in [1.165, 1.54) is 12.3 Å². The van der Waals surface area contributed by atoms with Crippen molar-refractivity contribution in [2.75, 3.05) is 31.3 Å². The maximum absolute atomic E-state index is 12.8. The van der Waals surface area contributed by atoms with Gasteiger partial charge in [0.1, 0.15) is 10.9 Å². The molecule has 0 bridgehead atoms. The molecule has 0 spiro atoms. The molecule has 2 heterocycles. The zero-order valence-corrected chi connectivity index (χ0v) is 20.9. The highest BCUT2D eigenvalue weighted by Crippen LogP contribution is 2.35. The molecule has 0 radical (unpaired) electrons. The molecule has 1 atom stereocenters. The molecule has 0 aliphatic carbocycles. The third-order valence-electron chi connectivity index (χ3n) is 5.12. The Morgan fingerprint density at radius 1 is 1.16 bits per heavy atom. The first-order valence-electron chi connectivity index (χ1n) is 10.9. The highest BCUT2D eigenvalue weighted by Gasteiger charge is 2.33. The predicted molar refractivity (Wildman–Crippen MR) is 135 cm³/mol. The lowest BCUT2D eigenvalue weighted by molar-refractivity contribution is -0.134. The molecule has 2 aromatic heterocycles. The molecule has 0 aliphatic rings. The molecule has 3 aromatic rings. The molecule has 0 fully saturated rings. The number of nitriles is 1. The van der Waals surface area contributed by atoms with Crippen LogP contribution in [0.4, 0.5) is 24.1 Å². The average Bonchev–Trinajstić information content (AvgIpc) is 3.33. The molecule has 2 N–H and O–H groups in total. The standard InChI is InChI=1S/C25H23F3N6O2S/c1-15(23(36)33-24-31-14-20(37-24)25(26,27)28)16-6-4-7-17(10-16)19-11-18(12-29)22(30-13-19)32-21(35)8-5-9-34(2)3/h4-8,10-11,13-15H,9H2,1-3H3,(H,30,32,35)(H,31,33,36)/b8-5+/t15-/m0/s1. The molecular weight excluding hydrogens is 505 g/mol. The van der Waals surface area contributed by atoms with E-state index in [0.717, 1.165) is 0 Å². The highest BCUT2D eigenvalue weighted by atomic mass is 32.1. The van der Waals surface area contributed by atoms with Gasteiger partial charge in [0, 0.05) is 24.4 Å². The first-order chi connectivity index (χ1) is 17.5. The number of benzene rings is 1. The van der Waals surface area contributed by atoms with Crippen LogP contribution in [0.3, 0.4) is 0 Å². The first kappa shape index (κ1) is 27.5. The smallest absolute Gasteiger partial charge is 0.306 e. The lowest BCUT2D eigenvalue weighted by Gasteiger charge is -2.13. The number of nitrogens with one attached hydrogen (secondary N) is 2. The number of hydrogen-bond donors (Lipinski definition) is 2. The fourth-order valence-electron chi connectivity index (χ4n) is 3.15. The van der Waals surface area contributed by atoms with Crippen LogP contribution < -0.4 is 10.6 Å². The second-order valence-electron chi connectivity index (χ2n) is 8.25. The lowest BCUT2D eigenvalue weighted by atomic mass is 9.96. The van der Waals surface area contributed by atoms with Gasteiger partial charge in [0.25, 0.3) is 0 Å². The SMILES string of the molecule is C[C@H](C(=O)Nc1ncc(C(F)(F)F)s1)c1cccc(-c2cnc(NC(=O)/C=C/CN(C)C)c(C#N)c2)c1. The number of rotatable bonds is 8. The van der Waals surface area contributed by atoms with Gasteiger partial charge < -0.3 is 15.5 Å². The second-order valence-corrected chi connectivity index (χ2v) is 9.28. The van der Waals surface area contributed by atoms with E-state index in [-0.39, 0.29) is 16.5 Å². The molecule has 2 amide bonds. The van der Waals surface area contributed by atoms with Crippen LogP contribution in [0.15, 0.2) is 54.9 Å². The summed E-state index contributed by atoms with van der Waals surface area (Å²) in [5, 5.41) is 14.4. The molecule has 8 nitrogen and oxygen atoms in total. The fourth-order valence-corrected chi connectivity index (χ4v) is 3.84. The van der Waals surface area contributed by atoms with Crippen LogP contribution in [0.1, 0.15) is 28.8 Å². The number of anilines is 2. The average molecular weight is 529 g/mol. The van der Waals surface area contributed by atoms with E-state index in [9.17, 15) is 28.0 Å². The van der Waals surface area contributed by atoms with E-state index in [0.29, 0.717) is 40.8 Å². The third-order valence-corrected chi connectivity index (χ3v) is 6.08. The predicted octanol–water partition coefficient (Wildman–Crippen LogP) is 4.89. The van der Waals surface area contributed by atoms with Crippen LogP contribution in [-0.2, 0) is 15.8 Å². The summed E-state index contributed by atoms with van der Waals surface area (Å²) < 4.78 is 38.4. The van der Waals surface area contributed by atoms with Crippen LogP contribution in [0.5, 0.6) is 0 Å². The minimum atomic E-state index is -4.53. The van der Waals surface area contributed by atoms with E-state index in [1.54, 1.807) is 43.3 Å². The van der Waals surface area contributed by atoms with Gasteiger partial charge in [-0.25, -0.2) is 9.97 Å². The molecule has 0 aliphatic heterocycles. The number of alkyl halides is 3. The number of amides is 2. The van der Waals surface area contributed by atoms with Gasteiger partial charge in [0.2, 0.25) is 11.8 Å². The fraction of sp³-hybridized carbons (Fsp3) is 0.240. The number of aromatic nitrogens is 2. The second kappa shape index (κ2) is 11.8. The largest absolute Gasteiger partial charge is 0.427 e. The van der Waals surface area contributed by atoms with E-state index < -0.39 is 28.8 Å². The maximum atomic E-state index is 12.8. The summed E-state index contributed by atoms with van der Waals surface area (Å²) in [7, 11) is 3.74. The number of carbonyl (C=O) groups is 2. The Balaban J connectivity index is 1.75. The Morgan fingerprint density at radius 2 is 1.92 bits per heavy atom.